The third-order valence-corrected chi connectivity index (χ3v) is 2.81. The molecule has 6 heteroatoms. The minimum atomic E-state index is -3.04. The first-order valence-electron chi connectivity index (χ1n) is 5.57. The van der Waals surface area contributed by atoms with Gasteiger partial charge in [0, 0.05) is 11.9 Å². The fourth-order valence-electron chi connectivity index (χ4n) is 1.33. The van der Waals surface area contributed by atoms with E-state index in [0.29, 0.717) is 12.3 Å². The Labute approximate surface area is 107 Å². The van der Waals surface area contributed by atoms with E-state index in [0.717, 1.165) is 11.8 Å². The van der Waals surface area contributed by atoms with E-state index in [-0.39, 0.29) is 18.3 Å². The molecule has 0 saturated carbocycles. The molecule has 0 amide bonds. The number of hydrogen-bond donors (Lipinski definition) is 1. The fourth-order valence-corrected chi connectivity index (χ4v) is 1.76. The molecule has 0 bridgehead atoms. The third kappa shape index (κ3) is 5.67. The number of hydrogen-bond acceptors (Lipinski definition) is 5. The molecule has 0 aliphatic carbocycles. The summed E-state index contributed by atoms with van der Waals surface area (Å²) < 4.78 is 26.8. The molecule has 0 fully saturated rings. The van der Waals surface area contributed by atoms with E-state index < -0.39 is 9.84 Å². The normalized spacial score (nSPS) is 11.0. The van der Waals surface area contributed by atoms with Gasteiger partial charge in [0.15, 0.2) is 9.84 Å². The zero-order valence-electron chi connectivity index (χ0n) is 10.5. The Balaban J connectivity index is 2.55. The van der Waals surface area contributed by atoms with E-state index in [1.165, 1.54) is 0 Å². The molecule has 1 aromatic carbocycles. The summed E-state index contributed by atoms with van der Waals surface area (Å²) in [6.07, 6.45) is 1.38. The molecule has 0 spiro atoms. The minimum absolute atomic E-state index is 0.107. The van der Waals surface area contributed by atoms with E-state index in [2.05, 4.69) is 5.32 Å². The highest BCUT2D eigenvalue weighted by Crippen LogP contribution is 2.10. The van der Waals surface area contributed by atoms with Gasteiger partial charge in [0.25, 0.3) is 0 Å². The standard InChI is InChI=1S/C12H17NO4S/c1-3-17-12(14)8-10-4-6-11(7-5-10)13-9-18(2,15)16/h4-7,13H,3,8-9H2,1-2H3. The van der Waals surface area contributed by atoms with Gasteiger partial charge in [0.05, 0.1) is 13.0 Å². The first kappa shape index (κ1) is 14.5. The van der Waals surface area contributed by atoms with E-state index in [1.807, 2.05) is 0 Å². The van der Waals surface area contributed by atoms with Gasteiger partial charge >= 0.3 is 5.97 Å². The average Bonchev–Trinajstić information content (AvgIpc) is 2.27. The summed E-state index contributed by atoms with van der Waals surface area (Å²) in [7, 11) is -3.04. The van der Waals surface area contributed by atoms with Gasteiger partial charge in [-0.1, -0.05) is 12.1 Å². The van der Waals surface area contributed by atoms with Crippen molar-refractivity contribution in [3.63, 3.8) is 0 Å². The molecule has 0 aliphatic rings. The summed E-state index contributed by atoms with van der Waals surface area (Å²) in [5.41, 5.74) is 1.53. The van der Waals surface area contributed by atoms with Gasteiger partial charge in [0.1, 0.15) is 5.88 Å². The van der Waals surface area contributed by atoms with Crippen molar-refractivity contribution in [2.45, 2.75) is 13.3 Å². The number of sulfone groups is 1. The van der Waals surface area contributed by atoms with Crippen molar-refractivity contribution in [3.8, 4) is 0 Å². The molecule has 1 rings (SSSR count). The molecule has 0 unspecified atom stereocenters. The van der Waals surface area contributed by atoms with E-state index in [9.17, 15) is 13.2 Å². The van der Waals surface area contributed by atoms with Crippen molar-refractivity contribution in [2.24, 2.45) is 0 Å². The largest absolute Gasteiger partial charge is 0.466 e. The number of ether oxygens (including phenoxy) is 1. The van der Waals surface area contributed by atoms with Crippen LogP contribution in [-0.2, 0) is 25.8 Å². The maximum atomic E-state index is 11.2. The summed E-state index contributed by atoms with van der Waals surface area (Å²) in [5, 5.41) is 2.79. The van der Waals surface area contributed by atoms with Gasteiger partial charge in [-0.15, -0.1) is 0 Å². The Hall–Kier alpha value is -1.56. The van der Waals surface area contributed by atoms with Crippen LogP contribution in [0.2, 0.25) is 0 Å². The molecule has 100 valence electrons. The van der Waals surface area contributed by atoms with Crippen LogP contribution >= 0.6 is 0 Å². The van der Waals surface area contributed by atoms with E-state index in [1.54, 1.807) is 31.2 Å². The maximum absolute atomic E-state index is 11.2. The zero-order valence-corrected chi connectivity index (χ0v) is 11.3. The van der Waals surface area contributed by atoms with Crippen molar-refractivity contribution < 1.29 is 17.9 Å². The number of anilines is 1. The predicted octanol–water partition coefficient (Wildman–Crippen LogP) is 1.21. The molecule has 0 atom stereocenters. The summed E-state index contributed by atoms with van der Waals surface area (Å²) in [4.78, 5) is 11.2. The van der Waals surface area contributed by atoms with Crippen LogP contribution in [0.25, 0.3) is 0 Å². The van der Waals surface area contributed by atoms with Gasteiger partial charge in [-0.2, -0.15) is 0 Å². The van der Waals surface area contributed by atoms with Crippen molar-refractivity contribution in [1.29, 1.82) is 0 Å². The summed E-state index contributed by atoms with van der Waals surface area (Å²) in [5.74, 6) is -0.376. The van der Waals surface area contributed by atoms with Crippen LogP contribution in [0.1, 0.15) is 12.5 Å². The molecule has 0 radical (unpaired) electrons. The van der Waals surface area contributed by atoms with E-state index >= 15 is 0 Å². The topological polar surface area (TPSA) is 72.5 Å². The van der Waals surface area contributed by atoms with Crippen molar-refractivity contribution in [3.05, 3.63) is 29.8 Å². The highest BCUT2D eigenvalue weighted by molar-refractivity contribution is 7.90. The highest BCUT2D eigenvalue weighted by atomic mass is 32.2. The smallest absolute Gasteiger partial charge is 0.310 e. The van der Waals surface area contributed by atoms with Gasteiger partial charge in [-0.25, -0.2) is 8.42 Å². The van der Waals surface area contributed by atoms with Crippen LogP contribution < -0.4 is 5.32 Å². The van der Waals surface area contributed by atoms with Gasteiger partial charge in [-0.05, 0) is 24.6 Å². The maximum Gasteiger partial charge on any atom is 0.310 e. The number of carbonyl (C=O) groups is 1. The Kier molecular flexibility index (Phi) is 5.15. The number of rotatable bonds is 6. The fraction of sp³-hybridized carbons (Fsp3) is 0.417. The van der Waals surface area contributed by atoms with Crippen molar-refractivity contribution in [2.75, 3.05) is 24.1 Å². The molecular formula is C12H17NO4S. The zero-order chi connectivity index (χ0) is 13.6. The van der Waals surface area contributed by atoms with Crippen LogP contribution in [0.5, 0.6) is 0 Å². The lowest BCUT2D eigenvalue weighted by molar-refractivity contribution is -0.142. The highest BCUT2D eigenvalue weighted by Gasteiger charge is 2.04. The van der Waals surface area contributed by atoms with Crippen LogP contribution in [0, 0.1) is 0 Å². The van der Waals surface area contributed by atoms with Gasteiger partial charge in [0.2, 0.25) is 0 Å². The Morgan fingerprint density at radius 3 is 2.39 bits per heavy atom. The van der Waals surface area contributed by atoms with Gasteiger partial charge in [-0.3, -0.25) is 4.79 Å². The second-order valence-electron chi connectivity index (χ2n) is 3.93. The molecule has 5 nitrogen and oxygen atoms in total. The van der Waals surface area contributed by atoms with Crippen LogP contribution in [0.15, 0.2) is 24.3 Å². The Morgan fingerprint density at radius 1 is 1.28 bits per heavy atom. The molecule has 1 N–H and O–H groups in total. The SMILES string of the molecule is CCOC(=O)Cc1ccc(NCS(C)(=O)=O)cc1. The van der Waals surface area contributed by atoms with Crippen LogP contribution in [0.4, 0.5) is 5.69 Å². The lowest BCUT2D eigenvalue weighted by Crippen LogP contribution is -2.12. The summed E-state index contributed by atoms with van der Waals surface area (Å²) in [6.45, 7) is 2.13. The Morgan fingerprint density at radius 2 is 1.89 bits per heavy atom. The molecule has 0 aromatic heterocycles. The van der Waals surface area contributed by atoms with Crippen LogP contribution in [-0.4, -0.2) is 33.1 Å². The lowest BCUT2D eigenvalue weighted by Gasteiger charge is -2.06. The molecule has 18 heavy (non-hydrogen) atoms. The Bertz CT molecular complexity index is 493. The summed E-state index contributed by atoms with van der Waals surface area (Å²) in [6, 6.07) is 7.00. The number of esters is 1. The quantitative estimate of drug-likeness (QED) is 0.787. The minimum Gasteiger partial charge on any atom is -0.466 e. The van der Waals surface area contributed by atoms with E-state index in [4.69, 9.17) is 4.74 Å². The second-order valence-corrected chi connectivity index (χ2v) is 6.07. The monoisotopic (exact) mass is 271 g/mol. The molecule has 0 aliphatic heterocycles. The molecule has 0 heterocycles. The van der Waals surface area contributed by atoms with Crippen molar-refractivity contribution in [1.82, 2.24) is 0 Å². The second kappa shape index (κ2) is 6.39. The third-order valence-electron chi connectivity index (χ3n) is 2.15. The summed E-state index contributed by atoms with van der Waals surface area (Å²) >= 11 is 0. The van der Waals surface area contributed by atoms with Crippen molar-refractivity contribution >= 4 is 21.5 Å². The first-order valence-corrected chi connectivity index (χ1v) is 7.63. The van der Waals surface area contributed by atoms with Gasteiger partial charge < -0.3 is 10.1 Å². The molecule has 0 saturated heterocycles. The molecular weight excluding hydrogens is 254 g/mol. The lowest BCUT2D eigenvalue weighted by atomic mass is 10.1. The number of nitrogens with one attached hydrogen (secondary N) is 1. The van der Waals surface area contributed by atoms with Crippen LogP contribution in [0.3, 0.4) is 0 Å². The average molecular weight is 271 g/mol. The number of benzene rings is 1. The first-order chi connectivity index (χ1) is 8.40. The molecule has 1 aromatic rings. The number of carbonyl (C=O) groups excluding carboxylic acids is 1. The predicted molar refractivity (Wildman–Crippen MR) is 70.1 cm³/mol.